The van der Waals surface area contributed by atoms with Gasteiger partial charge in [-0.15, -0.1) is 0 Å². The SMILES string of the molecule is CCCNC(C)C(C)c1ccncc1[N+](=O)[O-]. The molecule has 1 aromatic heterocycles. The second-order valence-corrected chi connectivity index (χ2v) is 4.22. The summed E-state index contributed by atoms with van der Waals surface area (Å²) < 4.78 is 0. The average molecular weight is 237 g/mol. The minimum atomic E-state index is -0.370. The second kappa shape index (κ2) is 6.30. The molecule has 0 fully saturated rings. The van der Waals surface area contributed by atoms with Crippen molar-refractivity contribution < 1.29 is 4.92 Å². The van der Waals surface area contributed by atoms with Crippen molar-refractivity contribution in [3.05, 3.63) is 34.1 Å². The number of aromatic nitrogens is 1. The lowest BCUT2D eigenvalue weighted by molar-refractivity contribution is -0.386. The molecule has 2 unspecified atom stereocenters. The Morgan fingerprint density at radius 1 is 1.53 bits per heavy atom. The topological polar surface area (TPSA) is 68.1 Å². The fraction of sp³-hybridized carbons (Fsp3) is 0.583. The summed E-state index contributed by atoms with van der Waals surface area (Å²) in [6, 6.07) is 1.93. The minimum Gasteiger partial charge on any atom is -0.314 e. The smallest absolute Gasteiger partial charge is 0.291 e. The molecule has 1 heterocycles. The maximum Gasteiger partial charge on any atom is 0.291 e. The molecule has 17 heavy (non-hydrogen) atoms. The van der Waals surface area contributed by atoms with E-state index in [0.717, 1.165) is 18.5 Å². The summed E-state index contributed by atoms with van der Waals surface area (Å²) in [5.41, 5.74) is 0.839. The van der Waals surface area contributed by atoms with Crippen molar-refractivity contribution in [1.82, 2.24) is 10.3 Å². The van der Waals surface area contributed by atoms with Crippen LogP contribution < -0.4 is 5.32 Å². The predicted molar refractivity (Wildman–Crippen MR) is 67.1 cm³/mol. The third-order valence-electron chi connectivity index (χ3n) is 2.99. The summed E-state index contributed by atoms with van der Waals surface area (Å²) in [5.74, 6) is 0.0879. The lowest BCUT2D eigenvalue weighted by Crippen LogP contribution is -2.31. The molecule has 0 spiro atoms. The Labute approximate surface area is 101 Å². The summed E-state index contributed by atoms with van der Waals surface area (Å²) in [7, 11) is 0. The van der Waals surface area contributed by atoms with E-state index in [-0.39, 0.29) is 22.6 Å². The number of hydrogen-bond donors (Lipinski definition) is 1. The molecule has 0 aliphatic heterocycles. The van der Waals surface area contributed by atoms with Crippen LogP contribution in [0.2, 0.25) is 0 Å². The molecule has 5 heteroatoms. The third kappa shape index (κ3) is 3.49. The first-order chi connectivity index (χ1) is 8.07. The normalized spacial score (nSPS) is 14.3. The van der Waals surface area contributed by atoms with Gasteiger partial charge in [0.15, 0.2) is 0 Å². The molecule has 2 atom stereocenters. The molecule has 0 amide bonds. The Bertz CT molecular complexity index is 382. The zero-order valence-corrected chi connectivity index (χ0v) is 10.5. The maximum absolute atomic E-state index is 10.9. The fourth-order valence-corrected chi connectivity index (χ4v) is 1.75. The standard InChI is InChI=1S/C12H19N3O2/c1-4-6-14-10(3)9(2)11-5-7-13-8-12(11)15(16)17/h5,7-10,14H,4,6H2,1-3H3. The summed E-state index contributed by atoms with van der Waals surface area (Å²) >= 11 is 0. The zero-order chi connectivity index (χ0) is 12.8. The third-order valence-corrected chi connectivity index (χ3v) is 2.99. The number of pyridine rings is 1. The molecule has 0 saturated carbocycles. The van der Waals surface area contributed by atoms with Gasteiger partial charge < -0.3 is 5.32 Å². The first kappa shape index (κ1) is 13.6. The van der Waals surface area contributed by atoms with E-state index in [1.807, 2.05) is 13.8 Å². The lowest BCUT2D eigenvalue weighted by Gasteiger charge is -2.21. The first-order valence-electron chi connectivity index (χ1n) is 5.89. The number of nitro groups is 1. The van der Waals surface area contributed by atoms with Gasteiger partial charge in [0.2, 0.25) is 0 Å². The van der Waals surface area contributed by atoms with Gasteiger partial charge in [-0.05, 0) is 26.0 Å². The monoisotopic (exact) mass is 237 g/mol. The molecular weight excluding hydrogens is 218 g/mol. The summed E-state index contributed by atoms with van der Waals surface area (Å²) in [5, 5.41) is 14.3. The van der Waals surface area contributed by atoms with Crippen LogP contribution in [0.15, 0.2) is 18.5 Å². The summed E-state index contributed by atoms with van der Waals surface area (Å²) in [6.45, 7) is 7.06. The van der Waals surface area contributed by atoms with Crippen molar-refractivity contribution in [3.63, 3.8) is 0 Å². The molecule has 0 aliphatic rings. The minimum absolute atomic E-state index is 0.0879. The average Bonchev–Trinajstić information content (AvgIpc) is 2.34. The van der Waals surface area contributed by atoms with E-state index < -0.39 is 0 Å². The van der Waals surface area contributed by atoms with Gasteiger partial charge in [-0.1, -0.05) is 13.8 Å². The Hall–Kier alpha value is -1.49. The maximum atomic E-state index is 10.9. The van der Waals surface area contributed by atoms with E-state index >= 15 is 0 Å². The van der Waals surface area contributed by atoms with E-state index in [2.05, 4.69) is 17.2 Å². The largest absolute Gasteiger partial charge is 0.314 e. The highest BCUT2D eigenvalue weighted by Crippen LogP contribution is 2.27. The van der Waals surface area contributed by atoms with E-state index in [9.17, 15) is 10.1 Å². The molecule has 0 bridgehead atoms. The van der Waals surface area contributed by atoms with Gasteiger partial charge in [0, 0.05) is 23.7 Å². The number of rotatable bonds is 6. The van der Waals surface area contributed by atoms with Crippen LogP contribution in [0, 0.1) is 10.1 Å². The van der Waals surface area contributed by atoms with Crippen LogP contribution in [0.1, 0.15) is 38.7 Å². The Morgan fingerprint density at radius 2 is 2.24 bits per heavy atom. The zero-order valence-electron chi connectivity index (χ0n) is 10.5. The van der Waals surface area contributed by atoms with E-state index in [1.165, 1.54) is 6.20 Å². The van der Waals surface area contributed by atoms with Crippen LogP contribution in [0.5, 0.6) is 0 Å². The van der Waals surface area contributed by atoms with Gasteiger partial charge in [0.05, 0.1) is 4.92 Å². The van der Waals surface area contributed by atoms with Gasteiger partial charge in [0.1, 0.15) is 6.20 Å². The molecular formula is C12H19N3O2. The van der Waals surface area contributed by atoms with Crippen molar-refractivity contribution in [1.29, 1.82) is 0 Å². The number of nitrogens with one attached hydrogen (secondary N) is 1. The van der Waals surface area contributed by atoms with Crippen molar-refractivity contribution >= 4 is 5.69 Å². The molecule has 1 rings (SSSR count). The molecule has 94 valence electrons. The van der Waals surface area contributed by atoms with Crippen molar-refractivity contribution in [2.45, 2.75) is 39.2 Å². The lowest BCUT2D eigenvalue weighted by atomic mass is 9.94. The van der Waals surface area contributed by atoms with Crippen LogP contribution in [-0.4, -0.2) is 22.5 Å². The van der Waals surface area contributed by atoms with Crippen LogP contribution in [0.4, 0.5) is 5.69 Å². The van der Waals surface area contributed by atoms with Gasteiger partial charge in [-0.3, -0.25) is 15.1 Å². The van der Waals surface area contributed by atoms with Crippen LogP contribution in [0.25, 0.3) is 0 Å². The number of nitrogens with zero attached hydrogens (tertiary/aromatic N) is 2. The molecule has 0 saturated heterocycles. The van der Waals surface area contributed by atoms with E-state index in [1.54, 1.807) is 12.3 Å². The quantitative estimate of drug-likeness (QED) is 0.609. The second-order valence-electron chi connectivity index (χ2n) is 4.22. The van der Waals surface area contributed by atoms with Gasteiger partial charge in [-0.2, -0.15) is 0 Å². The van der Waals surface area contributed by atoms with Crippen molar-refractivity contribution in [2.24, 2.45) is 0 Å². The van der Waals surface area contributed by atoms with Gasteiger partial charge in [-0.25, -0.2) is 0 Å². The predicted octanol–water partition coefficient (Wildman–Crippen LogP) is 2.48. The van der Waals surface area contributed by atoms with E-state index in [4.69, 9.17) is 0 Å². The molecule has 1 aromatic rings. The van der Waals surface area contributed by atoms with Crippen LogP contribution in [0.3, 0.4) is 0 Å². The highest BCUT2D eigenvalue weighted by atomic mass is 16.6. The Morgan fingerprint density at radius 3 is 2.82 bits per heavy atom. The van der Waals surface area contributed by atoms with Gasteiger partial charge in [0.25, 0.3) is 5.69 Å². The Kier molecular flexibility index (Phi) is 5.03. The first-order valence-corrected chi connectivity index (χ1v) is 5.89. The van der Waals surface area contributed by atoms with Crippen LogP contribution >= 0.6 is 0 Å². The van der Waals surface area contributed by atoms with Gasteiger partial charge >= 0.3 is 0 Å². The molecule has 0 radical (unpaired) electrons. The summed E-state index contributed by atoms with van der Waals surface area (Å²) in [6.07, 6.45) is 3.97. The fourth-order valence-electron chi connectivity index (χ4n) is 1.75. The molecule has 0 aliphatic carbocycles. The van der Waals surface area contributed by atoms with Crippen molar-refractivity contribution in [3.8, 4) is 0 Å². The number of hydrogen-bond acceptors (Lipinski definition) is 4. The molecule has 1 N–H and O–H groups in total. The highest BCUT2D eigenvalue weighted by Gasteiger charge is 2.22. The Balaban J connectivity index is 2.87. The van der Waals surface area contributed by atoms with Crippen LogP contribution in [-0.2, 0) is 0 Å². The highest BCUT2D eigenvalue weighted by molar-refractivity contribution is 5.39. The molecule has 5 nitrogen and oxygen atoms in total. The molecule has 0 aromatic carbocycles. The summed E-state index contributed by atoms with van der Waals surface area (Å²) in [4.78, 5) is 14.3. The van der Waals surface area contributed by atoms with E-state index in [0.29, 0.717) is 0 Å². The van der Waals surface area contributed by atoms with Crippen molar-refractivity contribution in [2.75, 3.05) is 6.54 Å².